The molecule has 1 aliphatic rings. The van der Waals surface area contributed by atoms with Gasteiger partial charge in [-0.15, -0.1) is 0 Å². The van der Waals surface area contributed by atoms with E-state index in [9.17, 15) is 0 Å². The maximum absolute atomic E-state index is 5.88. The Bertz CT molecular complexity index is 594. The number of rotatable bonds is 3. The van der Waals surface area contributed by atoms with Crippen LogP contribution in [-0.2, 0) is 11.3 Å². The van der Waals surface area contributed by atoms with Crippen molar-refractivity contribution in [2.75, 3.05) is 18.9 Å². The van der Waals surface area contributed by atoms with Crippen LogP contribution in [0, 0.1) is 0 Å². The fourth-order valence-corrected chi connectivity index (χ4v) is 2.70. The Balaban J connectivity index is 1.75. The third-order valence-electron chi connectivity index (χ3n) is 3.44. The summed E-state index contributed by atoms with van der Waals surface area (Å²) in [6.45, 7) is 2.16. The van der Waals surface area contributed by atoms with Gasteiger partial charge in [0.2, 0.25) is 0 Å². The van der Waals surface area contributed by atoms with Gasteiger partial charge in [0.15, 0.2) is 5.82 Å². The van der Waals surface area contributed by atoms with E-state index in [0.29, 0.717) is 18.3 Å². The Labute approximate surface area is 125 Å². The van der Waals surface area contributed by atoms with Crippen molar-refractivity contribution in [3.8, 4) is 0 Å². The van der Waals surface area contributed by atoms with Gasteiger partial charge in [-0.25, -0.2) is 14.6 Å². The van der Waals surface area contributed by atoms with Gasteiger partial charge in [-0.3, -0.25) is 0 Å². The molecule has 0 spiro atoms. The molecule has 2 aromatic rings. The average molecular weight is 338 g/mol. The van der Waals surface area contributed by atoms with E-state index >= 15 is 0 Å². The zero-order chi connectivity index (χ0) is 13.9. The molecule has 6 nitrogen and oxygen atoms in total. The lowest BCUT2D eigenvalue weighted by Crippen LogP contribution is -2.15. The number of anilines is 1. The highest BCUT2D eigenvalue weighted by Gasteiger charge is 2.19. The summed E-state index contributed by atoms with van der Waals surface area (Å²) in [7, 11) is 0. The number of aromatic nitrogens is 4. The van der Waals surface area contributed by atoms with Crippen molar-refractivity contribution in [1.29, 1.82) is 0 Å². The molecule has 0 bridgehead atoms. The van der Waals surface area contributed by atoms with Crippen LogP contribution in [0.5, 0.6) is 0 Å². The molecule has 2 N–H and O–H groups in total. The number of hydrogen-bond donors (Lipinski definition) is 1. The predicted molar refractivity (Wildman–Crippen MR) is 78.3 cm³/mol. The van der Waals surface area contributed by atoms with Gasteiger partial charge in [0.1, 0.15) is 12.1 Å². The van der Waals surface area contributed by atoms with Crippen LogP contribution in [0.15, 0.2) is 23.1 Å². The van der Waals surface area contributed by atoms with Crippen molar-refractivity contribution >= 4 is 21.7 Å². The average Bonchev–Trinajstić information content (AvgIpc) is 2.92. The first-order valence-electron chi connectivity index (χ1n) is 6.59. The highest BCUT2D eigenvalue weighted by molar-refractivity contribution is 9.10. The number of ether oxygens (including phenoxy) is 1. The predicted octanol–water partition coefficient (Wildman–Crippen LogP) is 1.96. The number of nitrogens with zero attached hydrogens (tertiary/aromatic N) is 4. The van der Waals surface area contributed by atoms with Gasteiger partial charge in [0, 0.05) is 35.4 Å². The third kappa shape index (κ3) is 2.99. The van der Waals surface area contributed by atoms with E-state index in [1.165, 1.54) is 0 Å². The molecular weight excluding hydrogens is 322 g/mol. The van der Waals surface area contributed by atoms with E-state index in [1.807, 2.05) is 10.7 Å². The highest BCUT2D eigenvalue weighted by Crippen LogP contribution is 2.24. The normalized spacial score (nSPS) is 16.4. The standard InChI is InChI=1S/C13H16BrN5O/c14-11-5-10(12(15)16-6-11)7-19-8-17-13(18-19)9-1-3-20-4-2-9/h5-6,8-9H,1-4,7H2,(H2,15,16). The van der Waals surface area contributed by atoms with Crippen LogP contribution >= 0.6 is 15.9 Å². The maximum atomic E-state index is 5.88. The third-order valence-corrected chi connectivity index (χ3v) is 3.87. The molecule has 3 heterocycles. The van der Waals surface area contributed by atoms with E-state index in [4.69, 9.17) is 10.5 Å². The summed E-state index contributed by atoms with van der Waals surface area (Å²) < 4.78 is 8.08. The summed E-state index contributed by atoms with van der Waals surface area (Å²) in [6.07, 6.45) is 5.42. The summed E-state index contributed by atoms with van der Waals surface area (Å²) >= 11 is 3.40. The number of hydrogen-bond acceptors (Lipinski definition) is 5. The molecule has 0 atom stereocenters. The Kier molecular flexibility index (Phi) is 3.98. The second-order valence-electron chi connectivity index (χ2n) is 4.88. The molecular formula is C13H16BrN5O. The van der Waals surface area contributed by atoms with Crippen molar-refractivity contribution < 1.29 is 4.74 Å². The molecule has 20 heavy (non-hydrogen) atoms. The van der Waals surface area contributed by atoms with Gasteiger partial charge < -0.3 is 10.5 Å². The lowest BCUT2D eigenvalue weighted by molar-refractivity contribution is 0.0835. The lowest BCUT2D eigenvalue weighted by atomic mass is 10.00. The minimum Gasteiger partial charge on any atom is -0.383 e. The quantitative estimate of drug-likeness (QED) is 0.926. The Morgan fingerprint density at radius 1 is 1.35 bits per heavy atom. The minimum atomic E-state index is 0.406. The molecule has 0 unspecified atom stereocenters. The van der Waals surface area contributed by atoms with Gasteiger partial charge >= 0.3 is 0 Å². The van der Waals surface area contributed by atoms with Crippen LogP contribution in [0.2, 0.25) is 0 Å². The highest BCUT2D eigenvalue weighted by atomic mass is 79.9. The fourth-order valence-electron chi connectivity index (χ4n) is 2.32. The van der Waals surface area contributed by atoms with Crippen LogP contribution in [-0.4, -0.2) is 33.0 Å². The maximum Gasteiger partial charge on any atom is 0.153 e. The largest absolute Gasteiger partial charge is 0.383 e. The molecule has 0 radical (unpaired) electrons. The van der Waals surface area contributed by atoms with Crippen LogP contribution in [0.3, 0.4) is 0 Å². The molecule has 0 saturated carbocycles. The number of halogens is 1. The molecule has 0 amide bonds. The van der Waals surface area contributed by atoms with Crippen LogP contribution in [0.4, 0.5) is 5.82 Å². The van der Waals surface area contributed by atoms with Crippen molar-refractivity contribution in [2.45, 2.75) is 25.3 Å². The Morgan fingerprint density at radius 2 is 2.15 bits per heavy atom. The summed E-state index contributed by atoms with van der Waals surface area (Å²) in [4.78, 5) is 8.54. The summed E-state index contributed by atoms with van der Waals surface area (Å²) in [5.74, 6) is 1.83. The van der Waals surface area contributed by atoms with Crippen molar-refractivity contribution in [2.24, 2.45) is 0 Å². The zero-order valence-corrected chi connectivity index (χ0v) is 12.6. The van der Waals surface area contributed by atoms with Gasteiger partial charge in [0.05, 0.1) is 6.54 Å². The smallest absolute Gasteiger partial charge is 0.153 e. The SMILES string of the molecule is Nc1ncc(Br)cc1Cn1cnc(C2CCOCC2)n1. The monoisotopic (exact) mass is 337 g/mol. The molecule has 0 aliphatic carbocycles. The van der Waals surface area contributed by atoms with Gasteiger partial charge in [-0.2, -0.15) is 5.10 Å². The van der Waals surface area contributed by atoms with E-state index in [1.54, 1.807) is 12.5 Å². The first kappa shape index (κ1) is 13.5. The van der Waals surface area contributed by atoms with Crippen molar-refractivity contribution in [1.82, 2.24) is 19.7 Å². The molecule has 106 valence electrons. The van der Waals surface area contributed by atoms with Gasteiger partial charge in [0.25, 0.3) is 0 Å². The number of nitrogens with two attached hydrogens (primary N) is 1. The molecule has 1 fully saturated rings. The van der Waals surface area contributed by atoms with E-state index < -0.39 is 0 Å². The first-order valence-corrected chi connectivity index (χ1v) is 7.38. The summed E-state index contributed by atoms with van der Waals surface area (Å²) in [6, 6.07) is 1.96. The molecule has 1 saturated heterocycles. The second kappa shape index (κ2) is 5.88. The Morgan fingerprint density at radius 3 is 2.95 bits per heavy atom. The molecule has 7 heteroatoms. The van der Waals surface area contributed by atoms with Crippen molar-refractivity contribution in [3.63, 3.8) is 0 Å². The lowest BCUT2D eigenvalue weighted by Gasteiger charge is -2.18. The number of pyridine rings is 1. The van der Waals surface area contributed by atoms with Crippen molar-refractivity contribution in [3.05, 3.63) is 34.5 Å². The van der Waals surface area contributed by atoms with Crippen LogP contribution in [0.1, 0.15) is 30.1 Å². The first-order chi connectivity index (χ1) is 9.72. The minimum absolute atomic E-state index is 0.406. The summed E-state index contributed by atoms with van der Waals surface area (Å²) in [5, 5.41) is 4.55. The second-order valence-corrected chi connectivity index (χ2v) is 5.80. The summed E-state index contributed by atoms with van der Waals surface area (Å²) in [5.41, 5.74) is 6.81. The molecule has 2 aromatic heterocycles. The zero-order valence-electron chi connectivity index (χ0n) is 11.0. The molecule has 0 aromatic carbocycles. The van der Waals surface area contributed by atoms with Crippen LogP contribution < -0.4 is 5.73 Å². The van der Waals surface area contributed by atoms with E-state index in [0.717, 1.165) is 41.9 Å². The fraction of sp³-hybridized carbons (Fsp3) is 0.462. The topological polar surface area (TPSA) is 78.8 Å². The van der Waals surface area contributed by atoms with E-state index in [2.05, 4.69) is 31.0 Å². The number of nitrogen functional groups attached to an aromatic ring is 1. The Hall–Kier alpha value is -1.47. The van der Waals surface area contributed by atoms with Gasteiger partial charge in [-0.1, -0.05) is 0 Å². The molecule has 3 rings (SSSR count). The van der Waals surface area contributed by atoms with E-state index in [-0.39, 0.29) is 0 Å². The molecule has 1 aliphatic heterocycles. The van der Waals surface area contributed by atoms with Gasteiger partial charge in [-0.05, 0) is 34.8 Å². The van der Waals surface area contributed by atoms with Crippen LogP contribution in [0.25, 0.3) is 0 Å².